The van der Waals surface area contributed by atoms with Gasteiger partial charge in [-0.3, -0.25) is 0 Å². The first-order chi connectivity index (χ1) is 17.0. The quantitative estimate of drug-likeness (QED) is 0.0802. The molecule has 5 heteroatoms. The molecule has 0 radical (unpaired) electrons. The second-order valence-electron chi connectivity index (χ2n) is 11.1. The number of unbranched alkanes of at least 4 members (excludes halogenated alkanes) is 18. The van der Waals surface area contributed by atoms with Gasteiger partial charge in [-0.25, -0.2) is 4.67 Å². The molecule has 0 rings (SSSR count). The van der Waals surface area contributed by atoms with Crippen molar-refractivity contribution < 1.29 is 9.42 Å². The number of rotatable bonds is 28. The summed E-state index contributed by atoms with van der Waals surface area (Å²) in [7, 11) is -1.45. The molecule has 0 saturated heterocycles. The summed E-state index contributed by atoms with van der Waals surface area (Å²) in [4.78, 5) is 10.3. The summed E-state index contributed by atoms with van der Waals surface area (Å²) in [5.41, 5.74) is 0. The summed E-state index contributed by atoms with van der Waals surface area (Å²) < 4.78 is 7.77. The summed E-state index contributed by atoms with van der Waals surface area (Å²) in [6.07, 6.45) is 27.7. The fourth-order valence-electron chi connectivity index (χ4n) is 4.83. The van der Waals surface area contributed by atoms with Crippen LogP contribution in [0.2, 0.25) is 0 Å². The molecule has 0 saturated carbocycles. The highest BCUT2D eigenvalue weighted by Crippen LogP contribution is 2.40. The van der Waals surface area contributed by atoms with Gasteiger partial charge in [-0.05, 0) is 60.0 Å². The molecule has 0 amide bonds. The zero-order chi connectivity index (χ0) is 26.0. The van der Waals surface area contributed by atoms with E-state index in [4.69, 9.17) is 4.52 Å². The van der Waals surface area contributed by atoms with E-state index in [9.17, 15) is 4.89 Å². The Balaban J connectivity index is 3.21. The molecule has 0 aliphatic rings. The van der Waals surface area contributed by atoms with Crippen LogP contribution in [0.25, 0.3) is 0 Å². The van der Waals surface area contributed by atoms with Crippen molar-refractivity contribution in [2.45, 2.75) is 175 Å². The average Bonchev–Trinajstić information content (AvgIpc) is 2.81. The predicted octanol–water partition coefficient (Wildman–Crippen LogP) is 9.75. The molecule has 0 aromatic heterocycles. The Morgan fingerprint density at radius 3 is 1.29 bits per heavy atom. The molecule has 4 nitrogen and oxygen atoms in total. The Morgan fingerprint density at radius 1 is 0.571 bits per heavy atom. The van der Waals surface area contributed by atoms with Crippen LogP contribution in [0.5, 0.6) is 0 Å². The minimum atomic E-state index is -1.45. The van der Waals surface area contributed by atoms with Crippen molar-refractivity contribution in [3.63, 3.8) is 0 Å². The summed E-state index contributed by atoms with van der Waals surface area (Å²) >= 11 is 0. The van der Waals surface area contributed by atoms with E-state index in [0.29, 0.717) is 18.7 Å². The highest BCUT2D eigenvalue weighted by molar-refractivity contribution is 7.43. The van der Waals surface area contributed by atoms with Gasteiger partial charge in [0, 0.05) is 12.1 Å². The fraction of sp³-hybridized carbons (Fsp3) is 1.00. The van der Waals surface area contributed by atoms with Crippen molar-refractivity contribution in [2.75, 3.05) is 19.7 Å². The van der Waals surface area contributed by atoms with Gasteiger partial charge >= 0.3 is 0 Å². The maximum absolute atomic E-state index is 10.3. The molecular formula is C30H65N2O2P. The zero-order valence-electron chi connectivity index (χ0n) is 24.7. The smallest absolute Gasteiger partial charge is 0.256 e. The van der Waals surface area contributed by atoms with Crippen molar-refractivity contribution >= 4 is 8.53 Å². The normalized spacial score (nSPS) is 12.9. The lowest BCUT2D eigenvalue weighted by atomic mass is 10.0. The maximum Gasteiger partial charge on any atom is 0.256 e. The number of hydrogen-bond acceptors (Lipinski definition) is 4. The van der Waals surface area contributed by atoms with Crippen LogP contribution in [0.3, 0.4) is 0 Å². The standard InChI is InChI=1S/C30H65N2O2P/c1-6-7-8-9-10-11-12-13-14-15-16-17-18-19-20-23-26-31-27-24-21-22-25-28-34-35(33)32(29(2)3)30(4)5/h29-31,33H,6-28H2,1-5H3. The van der Waals surface area contributed by atoms with E-state index in [-0.39, 0.29) is 0 Å². The van der Waals surface area contributed by atoms with E-state index >= 15 is 0 Å². The Bertz CT molecular complexity index is 402. The second kappa shape index (κ2) is 27.3. The van der Waals surface area contributed by atoms with E-state index in [1.165, 1.54) is 129 Å². The van der Waals surface area contributed by atoms with Gasteiger partial charge in [0.05, 0.1) is 6.61 Å². The lowest BCUT2D eigenvalue weighted by Crippen LogP contribution is -2.32. The monoisotopic (exact) mass is 516 g/mol. The minimum Gasteiger partial charge on any atom is -0.338 e. The van der Waals surface area contributed by atoms with Gasteiger partial charge < -0.3 is 14.7 Å². The molecule has 0 aliphatic heterocycles. The van der Waals surface area contributed by atoms with E-state index < -0.39 is 8.53 Å². The summed E-state index contributed by atoms with van der Waals surface area (Å²) in [6, 6.07) is 0.623. The van der Waals surface area contributed by atoms with Crippen LogP contribution in [0.15, 0.2) is 0 Å². The Morgan fingerprint density at radius 2 is 0.914 bits per heavy atom. The molecule has 0 spiro atoms. The summed E-state index contributed by atoms with van der Waals surface area (Å²) in [5, 5.41) is 3.61. The van der Waals surface area contributed by atoms with Crippen molar-refractivity contribution in [1.29, 1.82) is 0 Å². The first-order valence-corrected chi connectivity index (χ1v) is 16.8. The van der Waals surface area contributed by atoms with Crippen LogP contribution < -0.4 is 5.32 Å². The third kappa shape index (κ3) is 24.4. The molecule has 0 fully saturated rings. The number of nitrogens with one attached hydrogen (secondary N) is 1. The molecule has 1 unspecified atom stereocenters. The first-order valence-electron chi connectivity index (χ1n) is 15.6. The van der Waals surface area contributed by atoms with Crippen LogP contribution in [-0.2, 0) is 4.52 Å². The fourth-order valence-corrected chi connectivity index (χ4v) is 6.05. The minimum absolute atomic E-state index is 0.312. The first kappa shape index (κ1) is 35.3. The third-order valence-corrected chi connectivity index (χ3v) is 8.65. The molecule has 0 bridgehead atoms. The number of hydrogen-bond donors (Lipinski definition) is 2. The van der Waals surface area contributed by atoms with Crippen molar-refractivity contribution in [2.24, 2.45) is 0 Å². The Hall–Kier alpha value is 0.270. The lowest BCUT2D eigenvalue weighted by molar-refractivity contribution is 0.209. The van der Waals surface area contributed by atoms with Crippen molar-refractivity contribution in [3.05, 3.63) is 0 Å². The van der Waals surface area contributed by atoms with E-state index in [1.807, 2.05) is 0 Å². The molecule has 0 heterocycles. The van der Waals surface area contributed by atoms with Gasteiger partial charge in [-0.2, -0.15) is 0 Å². The van der Waals surface area contributed by atoms with E-state index in [2.05, 4.69) is 44.6 Å². The summed E-state index contributed by atoms with van der Waals surface area (Å²) in [6.45, 7) is 13.7. The van der Waals surface area contributed by atoms with E-state index in [0.717, 1.165) is 13.0 Å². The van der Waals surface area contributed by atoms with Gasteiger partial charge in [0.2, 0.25) is 0 Å². The lowest BCUT2D eigenvalue weighted by Gasteiger charge is -2.32. The van der Waals surface area contributed by atoms with E-state index in [1.54, 1.807) is 0 Å². The molecule has 1 atom stereocenters. The van der Waals surface area contributed by atoms with Crippen molar-refractivity contribution in [3.8, 4) is 0 Å². The Labute approximate surface area is 222 Å². The third-order valence-electron chi connectivity index (χ3n) is 6.92. The van der Waals surface area contributed by atoms with Gasteiger partial charge in [0.25, 0.3) is 8.53 Å². The molecule has 0 aromatic carbocycles. The highest BCUT2D eigenvalue weighted by Gasteiger charge is 2.23. The van der Waals surface area contributed by atoms with Crippen LogP contribution in [-0.4, -0.2) is 41.3 Å². The highest BCUT2D eigenvalue weighted by atomic mass is 31.2. The van der Waals surface area contributed by atoms with Gasteiger partial charge in [0.15, 0.2) is 0 Å². The van der Waals surface area contributed by atoms with Crippen LogP contribution in [0, 0.1) is 0 Å². The molecule has 0 aliphatic carbocycles. The van der Waals surface area contributed by atoms with Gasteiger partial charge in [-0.1, -0.05) is 116 Å². The van der Waals surface area contributed by atoms with Gasteiger partial charge in [-0.15, -0.1) is 0 Å². The molecule has 0 aromatic rings. The maximum atomic E-state index is 10.3. The molecule has 212 valence electrons. The molecule has 2 N–H and O–H groups in total. The van der Waals surface area contributed by atoms with Crippen LogP contribution >= 0.6 is 8.53 Å². The number of nitrogens with zero attached hydrogens (tertiary/aromatic N) is 1. The second-order valence-corrected chi connectivity index (χ2v) is 12.3. The van der Waals surface area contributed by atoms with Crippen LogP contribution in [0.4, 0.5) is 0 Å². The van der Waals surface area contributed by atoms with Crippen LogP contribution in [0.1, 0.15) is 163 Å². The SMILES string of the molecule is CCCCCCCCCCCCCCCCCCNCCCCCCOP(O)N(C(C)C)C(C)C. The Kier molecular flexibility index (Phi) is 27.5. The molecule has 35 heavy (non-hydrogen) atoms. The van der Waals surface area contributed by atoms with Gasteiger partial charge in [0.1, 0.15) is 0 Å². The predicted molar refractivity (Wildman–Crippen MR) is 158 cm³/mol. The molecular weight excluding hydrogens is 451 g/mol. The largest absolute Gasteiger partial charge is 0.338 e. The summed E-state index contributed by atoms with van der Waals surface area (Å²) in [5.74, 6) is 0. The van der Waals surface area contributed by atoms with Crippen molar-refractivity contribution in [1.82, 2.24) is 9.99 Å². The average molecular weight is 517 g/mol. The zero-order valence-corrected chi connectivity index (χ0v) is 25.6. The topological polar surface area (TPSA) is 44.7 Å².